The first-order chi connectivity index (χ1) is 13.8. The van der Waals surface area contributed by atoms with Crippen LogP contribution in [0, 0.1) is 0 Å². The molecule has 0 aliphatic heterocycles. The van der Waals surface area contributed by atoms with E-state index in [1.54, 1.807) is 0 Å². The minimum Gasteiger partial charge on any atom is -0.148 e. The lowest BCUT2D eigenvalue weighted by atomic mass is 10.2. The highest BCUT2D eigenvalue weighted by Gasteiger charge is 2.11. The van der Waals surface area contributed by atoms with Crippen LogP contribution in [0.3, 0.4) is 0 Å². The summed E-state index contributed by atoms with van der Waals surface area (Å²) in [6, 6.07) is 13.9. The van der Waals surface area contributed by atoms with E-state index in [0.717, 1.165) is 0 Å². The molecule has 0 N–H and O–H groups in total. The Morgan fingerprint density at radius 1 is 0.607 bits per heavy atom. The van der Waals surface area contributed by atoms with E-state index in [2.05, 4.69) is 61.0 Å². The van der Waals surface area contributed by atoms with Gasteiger partial charge in [-0.2, -0.15) is 0 Å². The molecule has 0 unspecified atom stereocenters. The molecule has 0 saturated heterocycles. The summed E-state index contributed by atoms with van der Waals surface area (Å²) in [6.45, 7) is 4.52. The van der Waals surface area contributed by atoms with Gasteiger partial charge in [-0.1, -0.05) is 26.7 Å². The highest BCUT2D eigenvalue weighted by Crippen LogP contribution is 2.41. The van der Waals surface area contributed by atoms with Crippen LogP contribution in [0.5, 0.6) is 0 Å². The van der Waals surface area contributed by atoms with Crippen LogP contribution < -0.4 is 0 Å². The average molecular weight is 443 g/mol. The van der Waals surface area contributed by atoms with E-state index in [1.165, 1.54) is 78.9 Å². The zero-order chi connectivity index (χ0) is 19.3. The molecule has 0 radical (unpaired) electrons. The monoisotopic (exact) mass is 442 g/mol. The number of hydrogen-bond donors (Lipinski definition) is 0. The van der Waals surface area contributed by atoms with E-state index in [4.69, 9.17) is 0 Å². The molecule has 4 heterocycles. The van der Waals surface area contributed by atoms with Gasteiger partial charge >= 0.3 is 0 Å². The van der Waals surface area contributed by atoms with Gasteiger partial charge in [0.25, 0.3) is 0 Å². The lowest BCUT2D eigenvalue weighted by Crippen LogP contribution is -1.76. The molecule has 0 amide bonds. The highest BCUT2D eigenvalue weighted by atomic mass is 32.1. The van der Waals surface area contributed by atoms with E-state index < -0.39 is 0 Å². The molecule has 0 fully saturated rings. The maximum atomic E-state index is 2.39. The second-order valence-corrected chi connectivity index (χ2v) is 11.3. The van der Waals surface area contributed by atoms with E-state index in [1.807, 2.05) is 45.3 Å². The molecule has 4 aromatic rings. The fraction of sp³-hybridized carbons (Fsp3) is 0.333. The van der Waals surface area contributed by atoms with Gasteiger partial charge in [-0.05, 0) is 72.8 Å². The molecule has 28 heavy (non-hydrogen) atoms. The summed E-state index contributed by atoms with van der Waals surface area (Å²) in [5, 5.41) is 4.65. The molecule has 0 spiro atoms. The first kappa shape index (κ1) is 20.1. The zero-order valence-electron chi connectivity index (χ0n) is 16.5. The van der Waals surface area contributed by atoms with Gasteiger partial charge in [0.2, 0.25) is 0 Å². The lowest BCUT2D eigenvalue weighted by Gasteiger charge is -1.94. The van der Waals surface area contributed by atoms with Gasteiger partial charge in [-0.25, -0.2) is 0 Å². The van der Waals surface area contributed by atoms with Gasteiger partial charge in [-0.3, -0.25) is 0 Å². The van der Waals surface area contributed by atoms with E-state index >= 15 is 0 Å². The second kappa shape index (κ2) is 9.53. The quantitative estimate of drug-likeness (QED) is 0.242. The van der Waals surface area contributed by atoms with Gasteiger partial charge in [0.15, 0.2) is 0 Å². The predicted molar refractivity (Wildman–Crippen MR) is 131 cm³/mol. The Labute approximate surface area is 184 Å². The fourth-order valence-corrected chi connectivity index (χ4v) is 7.32. The summed E-state index contributed by atoms with van der Waals surface area (Å²) < 4.78 is 0. The third-order valence-corrected chi connectivity index (χ3v) is 9.34. The van der Waals surface area contributed by atoms with Crippen molar-refractivity contribution in [2.45, 2.75) is 52.4 Å². The Bertz CT molecular complexity index is 928. The largest absolute Gasteiger partial charge is 0.148 e. The Morgan fingerprint density at radius 2 is 1.04 bits per heavy atom. The molecule has 0 saturated carbocycles. The van der Waals surface area contributed by atoms with Crippen molar-refractivity contribution in [1.29, 1.82) is 0 Å². The van der Waals surface area contributed by atoms with Crippen LogP contribution in [0.25, 0.3) is 30.6 Å². The van der Waals surface area contributed by atoms with Crippen molar-refractivity contribution in [2.75, 3.05) is 0 Å². The van der Waals surface area contributed by atoms with Gasteiger partial charge in [0.05, 0.1) is 0 Å². The Balaban J connectivity index is 1.49. The topological polar surface area (TPSA) is 0 Å². The minimum absolute atomic E-state index is 1.22. The van der Waals surface area contributed by atoms with Gasteiger partial charge < -0.3 is 0 Å². The van der Waals surface area contributed by atoms with Crippen molar-refractivity contribution >= 4 is 45.3 Å². The first-order valence-electron chi connectivity index (χ1n) is 10.1. The SMILES string of the molecule is CCCCc1cc(-c2ccc(-c3ccc(-c4csc(CCCC)c4)s3)s2)cs1. The van der Waals surface area contributed by atoms with Crippen molar-refractivity contribution in [2.24, 2.45) is 0 Å². The van der Waals surface area contributed by atoms with Crippen LogP contribution in [-0.2, 0) is 12.8 Å². The molecule has 146 valence electrons. The van der Waals surface area contributed by atoms with Gasteiger partial charge in [-0.15, -0.1) is 45.3 Å². The maximum absolute atomic E-state index is 2.39. The molecule has 4 rings (SSSR count). The van der Waals surface area contributed by atoms with Gasteiger partial charge in [0.1, 0.15) is 0 Å². The van der Waals surface area contributed by atoms with E-state index in [9.17, 15) is 0 Å². The Hall–Kier alpha value is -1.20. The second-order valence-electron chi connectivity index (χ2n) is 7.14. The fourth-order valence-electron chi connectivity index (χ4n) is 3.23. The Morgan fingerprint density at radius 3 is 1.46 bits per heavy atom. The zero-order valence-corrected chi connectivity index (χ0v) is 19.8. The van der Waals surface area contributed by atoms with Crippen molar-refractivity contribution in [3.05, 3.63) is 56.9 Å². The third kappa shape index (κ3) is 4.68. The van der Waals surface area contributed by atoms with Crippen LogP contribution in [0.2, 0.25) is 0 Å². The number of aryl methyl sites for hydroxylation is 2. The Kier molecular flexibility index (Phi) is 6.84. The average Bonchev–Trinajstić information content (AvgIpc) is 3.49. The first-order valence-corrected chi connectivity index (χ1v) is 13.5. The summed E-state index contributed by atoms with van der Waals surface area (Å²) in [7, 11) is 0. The number of thiophene rings is 4. The van der Waals surface area contributed by atoms with Crippen LogP contribution in [0.4, 0.5) is 0 Å². The minimum atomic E-state index is 1.22. The number of unbranched alkanes of at least 4 members (excludes halogenated alkanes) is 2. The highest BCUT2D eigenvalue weighted by molar-refractivity contribution is 7.25. The van der Waals surface area contributed by atoms with E-state index in [-0.39, 0.29) is 0 Å². The molecule has 0 bridgehead atoms. The van der Waals surface area contributed by atoms with Crippen LogP contribution in [0.15, 0.2) is 47.2 Å². The van der Waals surface area contributed by atoms with Crippen molar-refractivity contribution in [1.82, 2.24) is 0 Å². The summed E-state index contributed by atoms with van der Waals surface area (Å²) in [6.07, 6.45) is 7.54. The predicted octanol–water partition coefficient (Wildman–Crippen LogP) is 9.62. The third-order valence-electron chi connectivity index (χ3n) is 4.88. The van der Waals surface area contributed by atoms with Crippen molar-refractivity contribution in [3.63, 3.8) is 0 Å². The molecule has 0 aliphatic carbocycles. The smallest absolute Gasteiger partial charge is 0.0449 e. The van der Waals surface area contributed by atoms with Crippen molar-refractivity contribution in [3.8, 4) is 30.6 Å². The molecule has 0 nitrogen and oxygen atoms in total. The molecule has 4 aromatic heterocycles. The lowest BCUT2D eigenvalue weighted by molar-refractivity contribution is 0.804. The normalized spacial score (nSPS) is 11.4. The molecule has 0 aliphatic rings. The van der Waals surface area contributed by atoms with Gasteiger partial charge in [0, 0.05) is 40.4 Å². The molecule has 4 heteroatoms. The molecular weight excluding hydrogens is 417 g/mol. The number of rotatable bonds is 9. The summed E-state index contributed by atoms with van der Waals surface area (Å²) in [5.74, 6) is 0. The molecule has 0 atom stereocenters. The maximum Gasteiger partial charge on any atom is 0.0449 e. The van der Waals surface area contributed by atoms with Crippen LogP contribution in [-0.4, -0.2) is 0 Å². The van der Waals surface area contributed by atoms with E-state index in [0.29, 0.717) is 0 Å². The molecular formula is C24H26S4. The molecule has 0 aromatic carbocycles. The van der Waals surface area contributed by atoms with Crippen LogP contribution in [0.1, 0.15) is 49.3 Å². The van der Waals surface area contributed by atoms with Crippen LogP contribution >= 0.6 is 45.3 Å². The standard InChI is InChI=1S/C24H26S4/c1-3-5-7-19-13-17(15-25-19)21-9-11-23(27-21)24-12-10-22(28-24)18-14-20(26-16-18)8-6-4-2/h9-16H,3-8H2,1-2H3. The van der Waals surface area contributed by atoms with Crippen molar-refractivity contribution < 1.29 is 0 Å². The summed E-state index contributed by atoms with van der Waals surface area (Å²) in [5.41, 5.74) is 2.78. The summed E-state index contributed by atoms with van der Waals surface area (Å²) in [4.78, 5) is 8.58. The summed E-state index contributed by atoms with van der Waals surface area (Å²) >= 11 is 7.66. The number of hydrogen-bond acceptors (Lipinski definition) is 4.